The van der Waals surface area contributed by atoms with Gasteiger partial charge in [0.1, 0.15) is 5.82 Å². The maximum Gasteiger partial charge on any atom is 0.394 e. The zero-order chi connectivity index (χ0) is 29.7. The first-order valence-electron chi connectivity index (χ1n) is 14.4. The van der Waals surface area contributed by atoms with Gasteiger partial charge in [-0.1, -0.05) is 10.7 Å². The van der Waals surface area contributed by atoms with Gasteiger partial charge in [-0.05, 0) is 82.7 Å². The van der Waals surface area contributed by atoms with Crippen LogP contribution in [0.3, 0.4) is 0 Å². The summed E-state index contributed by atoms with van der Waals surface area (Å²) >= 11 is 0. The summed E-state index contributed by atoms with van der Waals surface area (Å²) in [5.74, 6) is 1.53. The Bertz CT molecular complexity index is 1510. The number of amides is 1. The van der Waals surface area contributed by atoms with Crippen LogP contribution in [0.2, 0.25) is 0 Å². The number of pyridine rings is 1. The number of anilines is 1. The van der Waals surface area contributed by atoms with Crippen LogP contribution < -0.4 is 14.4 Å². The number of carbonyl (C=O) groups excluding carboxylic acids is 1. The molecule has 1 N–H and O–H groups in total. The van der Waals surface area contributed by atoms with Crippen LogP contribution in [0.25, 0.3) is 5.82 Å². The Hall–Kier alpha value is -3.35. The van der Waals surface area contributed by atoms with E-state index in [1.807, 2.05) is 29.4 Å². The molecule has 9 nitrogen and oxygen atoms in total. The third kappa shape index (κ3) is 5.55. The highest BCUT2D eigenvalue weighted by atomic mass is 32.2. The van der Waals surface area contributed by atoms with Gasteiger partial charge in [-0.3, -0.25) is 14.2 Å². The third-order valence-corrected chi connectivity index (χ3v) is 10.3. The van der Waals surface area contributed by atoms with Crippen LogP contribution in [0.4, 0.5) is 19.0 Å². The molecule has 6 rings (SSSR count). The lowest BCUT2D eigenvalue weighted by molar-refractivity contribution is -0.190. The van der Waals surface area contributed by atoms with E-state index in [0.717, 1.165) is 37.2 Å². The van der Waals surface area contributed by atoms with Gasteiger partial charge in [-0.15, -0.1) is 5.10 Å². The van der Waals surface area contributed by atoms with Crippen LogP contribution >= 0.6 is 10.7 Å². The summed E-state index contributed by atoms with van der Waals surface area (Å²) in [5.41, 5.74) is -1.36. The predicted molar refractivity (Wildman–Crippen MR) is 155 cm³/mol. The second-order valence-electron chi connectivity index (χ2n) is 12.1. The van der Waals surface area contributed by atoms with Gasteiger partial charge >= 0.3 is 6.18 Å². The molecule has 42 heavy (non-hydrogen) atoms. The summed E-state index contributed by atoms with van der Waals surface area (Å²) in [6.45, 7) is 7.81. The minimum Gasteiger partial charge on any atom is -0.477 e. The quantitative estimate of drug-likeness (QED) is 0.373. The van der Waals surface area contributed by atoms with Crippen LogP contribution in [-0.2, 0) is 6.54 Å². The largest absolute Gasteiger partial charge is 0.477 e. The molecule has 2 aliphatic heterocycles. The summed E-state index contributed by atoms with van der Waals surface area (Å²) in [5, 5.41) is 10.9. The molecule has 1 saturated heterocycles. The molecule has 4 bridgehead atoms. The summed E-state index contributed by atoms with van der Waals surface area (Å²) < 4.78 is 52.1. The van der Waals surface area contributed by atoms with E-state index in [1.165, 1.54) is 4.68 Å². The van der Waals surface area contributed by atoms with E-state index in [4.69, 9.17) is 9.72 Å². The zero-order valence-corrected chi connectivity index (χ0v) is 24.8. The highest BCUT2D eigenvalue weighted by molar-refractivity contribution is 8.13. The summed E-state index contributed by atoms with van der Waals surface area (Å²) in [6.07, 6.45) is 4.51. The van der Waals surface area contributed by atoms with Crippen molar-refractivity contribution in [3.63, 3.8) is 0 Å². The second kappa shape index (κ2) is 10.7. The van der Waals surface area contributed by atoms with Crippen molar-refractivity contribution in [3.05, 3.63) is 42.4 Å². The minimum absolute atomic E-state index is 0.0625. The van der Waals surface area contributed by atoms with Crippen molar-refractivity contribution in [3.8, 4) is 11.7 Å². The molecule has 2 fully saturated rings. The van der Waals surface area contributed by atoms with Gasteiger partial charge in [0.2, 0.25) is 5.88 Å². The second-order valence-corrected chi connectivity index (χ2v) is 13.9. The van der Waals surface area contributed by atoms with E-state index < -0.39 is 22.3 Å². The highest BCUT2D eigenvalue weighted by Crippen LogP contribution is 2.59. The predicted octanol–water partition coefficient (Wildman–Crippen LogP) is 5.77. The van der Waals surface area contributed by atoms with Crippen molar-refractivity contribution in [2.75, 3.05) is 18.1 Å². The molecular weight excluding hydrogens is 567 g/mol. The van der Waals surface area contributed by atoms with Crippen molar-refractivity contribution < 1.29 is 22.7 Å². The first-order valence-corrected chi connectivity index (χ1v) is 15.7. The number of nitrogens with zero attached hydrogens (tertiary/aromatic N) is 6. The van der Waals surface area contributed by atoms with E-state index >= 15 is 0 Å². The number of rotatable bonds is 5. The lowest BCUT2D eigenvalue weighted by atomic mass is 9.93. The lowest BCUT2D eigenvalue weighted by Gasteiger charge is -2.34. The number of nitrogens with one attached hydrogen (secondary N) is 1. The molecule has 1 amide bonds. The van der Waals surface area contributed by atoms with Gasteiger partial charge in [0.25, 0.3) is 5.91 Å². The number of halogens is 3. The van der Waals surface area contributed by atoms with E-state index in [0.29, 0.717) is 23.1 Å². The fourth-order valence-corrected chi connectivity index (χ4v) is 7.34. The van der Waals surface area contributed by atoms with Gasteiger partial charge in [0, 0.05) is 37.1 Å². The van der Waals surface area contributed by atoms with Gasteiger partial charge in [0.05, 0.1) is 28.7 Å². The summed E-state index contributed by atoms with van der Waals surface area (Å²) in [7, 11) is -0.632. The first kappa shape index (κ1) is 28.8. The normalized spacial score (nSPS) is 23.3. The third-order valence-electron chi connectivity index (χ3n) is 8.71. The van der Waals surface area contributed by atoms with Crippen LogP contribution in [-0.4, -0.2) is 60.7 Å². The van der Waals surface area contributed by atoms with E-state index in [1.54, 1.807) is 24.4 Å². The monoisotopic (exact) mass is 603 g/mol. The fraction of sp³-hybridized carbons (Fsp3) is 0.552. The number of hydrogen-bond donors (Lipinski definition) is 1. The molecule has 2 unspecified atom stereocenters. The Morgan fingerprint density at radius 3 is 2.79 bits per heavy atom. The molecule has 0 aromatic carbocycles. The van der Waals surface area contributed by atoms with Crippen LogP contribution in [0.5, 0.6) is 5.88 Å². The molecule has 3 aliphatic rings. The number of aryl methyl sites for hydroxylation is 1. The van der Waals surface area contributed by atoms with Gasteiger partial charge in [-0.2, -0.15) is 18.3 Å². The first-order chi connectivity index (χ1) is 20.0. The number of carbonyl (C=O) groups is 1. The SMILES string of the molecule is C/C=S1/NC(=O)c2ccc(-n3ccc(OCCC4(C(F)(F)F)CC4)n3)nc2N2CC(CCCn3cc1cn3)CC2(C)C. The zero-order valence-electron chi connectivity index (χ0n) is 24.0. The smallest absolute Gasteiger partial charge is 0.394 e. The van der Waals surface area contributed by atoms with E-state index in [9.17, 15) is 18.0 Å². The maximum atomic E-state index is 13.7. The summed E-state index contributed by atoms with van der Waals surface area (Å²) in [4.78, 5) is 21.9. The lowest BCUT2D eigenvalue weighted by Crippen LogP contribution is -2.40. The van der Waals surface area contributed by atoms with Crippen molar-refractivity contribution in [2.24, 2.45) is 11.3 Å². The molecule has 1 aliphatic carbocycles. The molecule has 3 aromatic rings. The van der Waals surface area contributed by atoms with Gasteiger partial charge in [0.15, 0.2) is 5.82 Å². The van der Waals surface area contributed by atoms with Crippen molar-refractivity contribution >= 4 is 27.8 Å². The molecule has 5 heterocycles. The molecule has 3 aromatic heterocycles. The fourth-order valence-electron chi connectivity index (χ4n) is 6.12. The number of alkyl halides is 3. The van der Waals surface area contributed by atoms with Crippen LogP contribution in [0.1, 0.15) is 69.7 Å². The molecule has 1 saturated carbocycles. The van der Waals surface area contributed by atoms with Crippen LogP contribution in [0, 0.1) is 11.3 Å². The van der Waals surface area contributed by atoms with Gasteiger partial charge in [-0.25, -0.2) is 9.67 Å². The Labute approximate surface area is 245 Å². The molecule has 0 radical (unpaired) electrons. The topological polar surface area (TPSA) is 90.1 Å². The van der Waals surface area contributed by atoms with Gasteiger partial charge < -0.3 is 9.64 Å². The van der Waals surface area contributed by atoms with Crippen molar-refractivity contribution in [1.29, 1.82) is 0 Å². The molecule has 0 spiro atoms. The van der Waals surface area contributed by atoms with Crippen molar-refractivity contribution in [1.82, 2.24) is 29.3 Å². The van der Waals surface area contributed by atoms with Crippen LogP contribution in [0.15, 0.2) is 41.7 Å². The number of ether oxygens (including phenoxy) is 1. The number of hydrogen-bond acceptors (Lipinski definition) is 6. The minimum atomic E-state index is -4.21. The summed E-state index contributed by atoms with van der Waals surface area (Å²) in [6, 6.07) is 5.12. The maximum absolute atomic E-state index is 13.7. The Morgan fingerprint density at radius 2 is 2.05 bits per heavy atom. The highest BCUT2D eigenvalue weighted by Gasteiger charge is 2.62. The van der Waals surface area contributed by atoms with E-state index in [-0.39, 0.29) is 43.2 Å². The Kier molecular flexibility index (Phi) is 7.35. The molecule has 226 valence electrons. The van der Waals surface area contributed by atoms with E-state index in [2.05, 4.69) is 33.7 Å². The van der Waals surface area contributed by atoms with Crippen molar-refractivity contribution in [2.45, 2.75) is 82.5 Å². The number of aromatic nitrogens is 5. The standard InChI is InChI=1S/C29H36F3N7O2S/c1-4-42-21-17-33-37(19-21)13-5-6-20-16-27(2,3)38(18-20)25-22(26(40)36-42)7-8-23(34-25)39-14-9-24(35-39)41-15-12-28(10-11-28)29(30,31)32/h4,7-9,14,17,19-20H,5-6,10-13,15-16,18H2,1-3H3,(H,36,40). The molecule has 13 heteroatoms. The molecular formula is C29H36F3N7O2S. The Balaban J connectivity index is 1.29. The number of fused-ring (bicyclic) bond motifs is 6. The average molecular weight is 604 g/mol. The molecule has 2 atom stereocenters. The average Bonchev–Trinajstić information content (AvgIpc) is 3.24. The Morgan fingerprint density at radius 1 is 1.24 bits per heavy atom.